The van der Waals surface area contributed by atoms with Gasteiger partial charge in [-0.15, -0.1) is 0 Å². The van der Waals surface area contributed by atoms with Crippen molar-refractivity contribution in [3.8, 4) is 0 Å². The van der Waals surface area contributed by atoms with E-state index in [-0.39, 0.29) is 17.8 Å². The monoisotopic (exact) mass is 205 g/mol. The zero-order chi connectivity index (χ0) is 10.7. The number of ether oxygens (including phenoxy) is 1. The molecule has 0 saturated carbocycles. The second-order valence-corrected chi connectivity index (χ2v) is 4.08. The molecule has 0 aliphatic carbocycles. The Balaban J connectivity index is 1.93. The fraction of sp³-hybridized carbons (Fsp3) is 0.500. The minimum Gasteiger partial charge on any atom is -0.378 e. The molecular weight excluding hydrogens is 190 g/mol. The molecule has 1 aromatic rings. The summed E-state index contributed by atoms with van der Waals surface area (Å²) in [4.78, 5) is 15.8. The third-order valence-corrected chi connectivity index (χ3v) is 2.75. The van der Waals surface area contributed by atoms with E-state index in [4.69, 9.17) is 4.74 Å². The van der Waals surface area contributed by atoms with Crippen LogP contribution in [0.5, 0.6) is 0 Å². The van der Waals surface area contributed by atoms with Crippen molar-refractivity contribution < 1.29 is 9.53 Å². The quantitative estimate of drug-likeness (QED) is 0.752. The summed E-state index contributed by atoms with van der Waals surface area (Å²) in [7, 11) is 0. The van der Waals surface area contributed by atoms with E-state index in [2.05, 4.69) is 4.98 Å². The Bertz CT molecular complexity index is 337. The fourth-order valence-corrected chi connectivity index (χ4v) is 1.89. The van der Waals surface area contributed by atoms with Crippen LogP contribution in [0.2, 0.25) is 0 Å². The molecule has 3 heteroatoms. The van der Waals surface area contributed by atoms with Crippen LogP contribution in [-0.2, 0) is 16.0 Å². The van der Waals surface area contributed by atoms with Crippen LogP contribution in [-0.4, -0.2) is 23.5 Å². The van der Waals surface area contributed by atoms with Crippen molar-refractivity contribution in [3.05, 3.63) is 30.1 Å². The van der Waals surface area contributed by atoms with Gasteiger partial charge in [0.05, 0.1) is 12.7 Å². The highest BCUT2D eigenvalue weighted by Crippen LogP contribution is 2.21. The fourth-order valence-electron chi connectivity index (χ4n) is 1.89. The first-order valence-corrected chi connectivity index (χ1v) is 5.29. The molecule has 1 fully saturated rings. The second kappa shape index (κ2) is 4.53. The van der Waals surface area contributed by atoms with Crippen LogP contribution in [0.4, 0.5) is 0 Å². The molecule has 1 aromatic heterocycles. The van der Waals surface area contributed by atoms with Crippen molar-refractivity contribution >= 4 is 5.78 Å². The second-order valence-electron chi connectivity index (χ2n) is 4.08. The van der Waals surface area contributed by atoms with Gasteiger partial charge in [-0.3, -0.25) is 9.78 Å². The molecule has 80 valence electrons. The van der Waals surface area contributed by atoms with Crippen LogP contribution < -0.4 is 0 Å². The lowest BCUT2D eigenvalue weighted by Crippen LogP contribution is -2.17. The zero-order valence-electron chi connectivity index (χ0n) is 8.85. The molecule has 0 spiro atoms. The van der Waals surface area contributed by atoms with Crippen molar-refractivity contribution in [2.24, 2.45) is 5.92 Å². The smallest absolute Gasteiger partial charge is 0.142 e. The molecule has 2 atom stereocenters. The first kappa shape index (κ1) is 10.3. The van der Waals surface area contributed by atoms with E-state index in [0.717, 1.165) is 12.0 Å². The Morgan fingerprint density at radius 1 is 1.67 bits per heavy atom. The summed E-state index contributed by atoms with van der Waals surface area (Å²) in [6, 6.07) is 3.79. The first-order chi connectivity index (χ1) is 7.25. The Morgan fingerprint density at radius 3 is 3.13 bits per heavy atom. The number of hydrogen-bond donors (Lipinski definition) is 0. The molecular formula is C12H15NO2. The van der Waals surface area contributed by atoms with Gasteiger partial charge in [-0.05, 0) is 25.0 Å². The van der Waals surface area contributed by atoms with Gasteiger partial charge >= 0.3 is 0 Å². The van der Waals surface area contributed by atoms with Gasteiger partial charge in [0.15, 0.2) is 0 Å². The largest absolute Gasteiger partial charge is 0.378 e. The van der Waals surface area contributed by atoms with E-state index in [9.17, 15) is 4.79 Å². The number of pyridine rings is 1. The van der Waals surface area contributed by atoms with Crippen LogP contribution in [0, 0.1) is 5.92 Å². The van der Waals surface area contributed by atoms with Gasteiger partial charge in [0.25, 0.3) is 0 Å². The van der Waals surface area contributed by atoms with Crippen molar-refractivity contribution in [3.63, 3.8) is 0 Å². The van der Waals surface area contributed by atoms with E-state index in [0.29, 0.717) is 13.0 Å². The Hall–Kier alpha value is -1.22. The van der Waals surface area contributed by atoms with Gasteiger partial charge in [-0.2, -0.15) is 0 Å². The minimum atomic E-state index is 0.0835. The number of ketones is 1. The highest BCUT2D eigenvalue weighted by molar-refractivity contribution is 5.83. The van der Waals surface area contributed by atoms with Gasteiger partial charge in [-0.25, -0.2) is 0 Å². The Morgan fingerprint density at radius 2 is 2.53 bits per heavy atom. The molecule has 2 rings (SSSR count). The number of hydrogen-bond acceptors (Lipinski definition) is 3. The highest BCUT2D eigenvalue weighted by atomic mass is 16.5. The van der Waals surface area contributed by atoms with E-state index in [1.54, 1.807) is 12.4 Å². The summed E-state index contributed by atoms with van der Waals surface area (Å²) in [5, 5.41) is 0. The molecule has 1 aliphatic heterocycles. The lowest BCUT2D eigenvalue weighted by Gasteiger charge is -2.05. The van der Waals surface area contributed by atoms with Crippen molar-refractivity contribution in [2.75, 3.05) is 6.61 Å². The average Bonchev–Trinajstić information content (AvgIpc) is 2.66. The van der Waals surface area contributed by atoms with Crippen LogP contribution in [0.1, 0.15) is 18.9 Å². The van der Waals surface area contributed by atoms with Crippen LogP contribution in [0.15, 0.2) is 24.5 Å². The summed E-state index contributed by atoms with van der Waals surface area (Å²) in [5.41, 5.74) is 0.988. The lowest BCUT2D eigenvalue weighted by molar-refractivity contribution is -0.122. The number of Topliss-reactive ketones (excluding diaryl/α,β-unsaturated/α-hetero) is 1. The summed E-state index contributed by atoms with van der Waals surface area (Å²) in [6.45, 7) is 2.59. The topological polar surface area (TPSA) is 39.2 Å². The molecule has 1 saturated heterocycles. The predicted octanol–water partition coefficient (Wildman–Crippen LogP) is 1.62. The third-order valence-electron chi connectivity index (χ3n) is 2.75. The Labute approximate surface area is 89.5 Å². The molecule has 15 heavy (non-hydrogen) atoms. The van der Waals surface area contributed by atoms with Gasteiger partial charge in [0.1, 0.15) is 5.78 Å². The standard InChI is InChI=1S/C12H15NO2/c1-9-5-11(8-15-9)12(14)6-10-3-2-4-13-7-10/h2-4,7,9,11H,5-6,8H2,1H3. The van der Waals surface area contributed by atoms with Crippen molar-refractivity contribution in [2.45, 2.75) is 25.9 Å². The van der Waals surface area contributed by atoms with Gasteiger partial charge in [0, 0.05) is 24.7 Å². The molecule has 2 heterocycles. The van der Waals surface area contributed by atoms with Gasteiger partial charge in [0.2, 0.25) is 0 Å². The number of nitrogens with zero attached hydrogens (tertiary/aromatic N) is 1. The molecule has 0 radical (unpaired) electrons. The summed E-state index contributed by atoms with van der Waals surface area (Å²) >= 11 is 0. The molecule has 0 bridgehead atoms. The number of carbonyl (C=O) groups is 1. The molecule has 0 N–H and O–H groups in total. The number of aromatic nitrogens is 1. The molecule has 0 amide bonds. The lowest BCUT2D eigenvalue weighted by atomic mass is 9.96. The van der Waals surface area contributed by atoms with Crippen LogP contribution >= 0.6 is 0 Å². The highest BCUT2D eigenvalue weighted by Gasteiger charge is 2.27. The van der Waals surface area contributed by atoms with Crippen molar-refractivity contribution in [1.82, 2.24) is 4.98 Å². The average molecular weight is 205 g/mol. The summed E-state index contributed by atoms with van der Waals surface area (Å²) in [5.74, 6) is 0.354. The van der Waals surface area contributed by atoms with E-state index < -0.39 is 0 Å². The van der Waals surface area contributed by atoms with Crippen LogP contribution in [0.25, 0.3) is 0 Å². The molecule has 0 aromatic carbocycles. The molecule has 3 nitrogen and oxygen atoms in total. The number of rotatable bonds is 3. The molecule has 2 unspecified atom stereocenters. The Kier molecular flexibility index (Phi) is 3.11. The van der Waals surface area contributed by atoms with Crippen LogP contribution in [0.3, 0.4) is 0 Å². The van der Waals surface area contributed by atoms with E-state index in [1.807, 2.05) is 19.1 Å². The maximum Gasteiger partial charge on any atom is 0.142 e. The molecule has 1 aliphatic rings. The predicted molar refractivity (Wildman–Crippen MR) is 56.5 cm³/mol. The van der Waals surface area contributed by atoms with Gasteiger partial charge in [-0.1, -0.05) is 6.07 Å². The van der Waals surface area contributed by atoms with Gasteiger partial charge < -0.3 is 4.74 Å². The summed E-state index contributed by atoms with van der Waals surface area (Å²) in [6.07, 6.45) is 5.03. The normalized spacial score (nSPS) is 25.4. The number of carbonyl (C=O) groups excluding carboxylic acids is 1. The summed E-state index contributed by atoms with van der Waals surface area (Å²) < 4.78 is 5.39. The first-order valence-electron chi connectivity index (χ1n) is 5.29. The maximum absolute atomic E-state index is 11.9. The van der Waals surface area contributed by atoms with E-state index in [1.165, 1.54) is 0 Å². The van der Waals surface area contributed by atoms with Crippen molar-refractivity contribution in [1.29, 1.82) is 0 Å². The third kappa shape index (κ3) is 2.63. The minimum absolute atomic E-state index is 0.0835. The zero-order valence-corrected chi connectivity index (χ0v) is 8.85. The SMILES string of the molecule is CC1CC(C(=O)Cc2cccnc2)CO1. The maximum atomic E-state index is 11.9. The van der Waals surface area contributed by atoms with E-state index >= 15 is 0 Å².